The van der Waals surface area contributed by atoms with Crippen molar-refractivity contribution in [3.8, 4) is 17.0 Å². The molecule has 3 heterocycles. The first-order valence-electron chi connectivity index (χ1n) is 10.0. The van der Waals surface area contributed by atoms with Crippen molar-refractivity contribution in [1.82, 2.24) is 19.1 Å². The molecule has 0 amide bonds. The number of aromatic nitrogens is 3. The summed E-state index contributed by atoms with van der Waals surface area (Å²) in [6.45, 7) is 2.68. The van der Waals surface area contributed by atoms with E-state index in [2.05, 4.69) is 5.10 Å². The van der Waals surface area contributed by atoms with Crippen molar-refractivity contribution in [2.24, 2.45) is 7.05 Å². The molecule has 0 aliphatic carbocycles. The number of methoxy groups -OCH3 is 1. The van der Waals surface area contributed by atoms with Gasteiger partial charge in [0.15, 0.2) is 0 Å². The largest absolute Gasteiger partial charge is 0.497 e. The van der Waals surface area contributed by atoms with Gasteiger partial charge in [-0.3, -0.25) is 9.67 Å². The van der Waals surface area contributed by atoms with Crippen LogP contribution in [0.25, 0.3) is 11.3 Å². The highest BCUT2D eigenvalue weighted by atomic mass is 32.2. The van der Waals surface area contributed by atoms with E-state index in [-0.39, 0.29) is 10.8 Å². The third-order valence-corrected chi connectivity index (χ3v) is 7.51. The van der Waals surface area contributed by atoms with Gasteiger partial charge in [-0.2, -0.15) is 9.40 Å². The van der Waals surface area contributed by atoms with Crippen LogP contribution < -0.4 is 4.74 Å². The van der Waals surface area contributed by atoms with Gasteiger partial charge in [0.2, 0.25) is 10.0 Å². The fraction of sp³-hybridized carbons (Fsp3) is 0.364. The number of sulfonamides is 1. The molecule has 30 heavy (non-hydrogen) atoms. The van der Waals surface area contributed by atoms with Gasteiger partial charge in [-0.05, 0) is 56.2 Å². The summed E-state index contributed by atoms with van der Waals surface area (Å²) < 4.78 is 34.7. The predicted molar refractivity (Wildman–Crippen MR) is 115 cm³/mol. The summed E-state index contributed by atoms with van der Waals surface area (Å²) in [7, 11) is -0.196. The van der Waals surface area contributed by atoms with Gasteiger partial charge in [0.25, 0.3) is 0 Å². The van der Waals surface area contributed by atoms with Crippen molar-refractivity contribution < 1.29 is 13.2 Å². The van der Waals surface area contributed by atoms with Gasteiger partial charge in [0.1, 0.15) is 10.6 Å². The summed E-state index contributed by atoms with van der Waals surface area (Å²) in [6, 6.07) is 13.7. The standard InChI is InChI=1S/C22H26N4O3S/c1-16-22(15-25(2)24-16)30(27,28)26-13-5-6-18(14-26)21-8-4-7-20(23-21)17-9-11-19(29-3)12-10-17/h4,7-12,15,18H,5-6,13-14H2,1-3H3/t18-/m0/s1. The molecule has 0 radical (unpaired) electrons. The van der Waals surface area contributed by atoms with Crippen LogP contribution in [-0.4, -0.2) is 47.7 Å². The van der Waals surface area contributed by atoms with E-state index in [1.165, 1.54) is 0 Å². The van der Waals surface area contributed by atoms with Gasteiger partial charge >= 0.3 is 0 Å². The predicted octanol–water partition coefficient (Wildman–Crippen LogP) is 3.37. The lowest BCUT2D eigenvalue weighted by Gasteiger charge is -2.31. The molecule has 1 aliphatic heterocycles. The highest BCUT2D eigenvalue weighted by Gasteiger charge is 2.33. The molecule has 2 aromatic heterocycles. The maximum Gasteiger partial charge on any atom is 0.246 e. The molecule has 0 saturated carbocycles. The first-order chi connectivity index (χ1) is 14.4. The molecule has 8 heteroatoms. The van der Waals surface area contributed by atoms with Crippen LogP contribution in [0.3, 0.4) is 0 Å². The number of nitrogens with zero attached hydrogens (tertiary/aromatic N) is 4. The Morgan fingerprint density at radius 1 is 1.13 bits per heavy atom. The minimum atomic E-state index is -3.57. The molecular weight excluding hydrogens is 400 g/mol. The minimum absolute atomic E-state index is 0.0590. The highest BCUT2D eigenvalue weighted by Crippen LogP contribution is 2.31. The van der Waals surface area contributed by atoms with Crippen LogP contribution in [0.5, 0.6) is 5.75 Å². The molecule has 0 N–H and O–H groups in total. The molecule has 4 rings (SSSR count). The Kier molecular flexibility index (Phi) is 5.62. The molecule has 3 aromatic rings. The number of hydrogen-bond donors (Lipinski definition) is 0. The van der Waals surface area contributed by atoms with Gasteiger partial charge in [-0.15, -0.1) is 0 Å². The van der Waals surface area contributed by atoms with Gasteiger partial charge in [0, 0.05) is 43.5 Å². The average Bonchev–Trinajstić information content (AvgIpc) is 3.13. The topological polar surface area (TPSA) is 77.3 Å². The Balaban J connectivity index is 1.58. The van der Waals surface area contributed by atoms with E-state index in [0.29, 0.717) is 18.8 Å². The van der Waals surface area contributed by atoms with Crippen LogP contribution in [0.4, 0.5) is 0 Å². The van der Waals surface area contributed by atoms with Gasteiger partial charge in [0.05, 0.1) is 18.5 Å². The Morgan fingerprint density at radius 2 is 1.90 bits per heavy atom. The zero-order valence-corrected chi connectivity index (χ0v) is 18.3. The van der Waals surface area contributed by atoms with Crippen molar-refractivity contribution in [2.75, 3.05) is 20.2 Å². The van der Waals surface area contributed by atoms with Crippen molar-refractivity contribution in [1.29, 1.82) is 0 Å². The first kappa shape index (κ1) is 20.6. The normalized spacial score (nSPS) is 17.8. The third-order valence-electron chi connectivity index (χ3n) is 5.55. The summed E-state index contributed by atoms with van der Waals surface area (Å²) in [5, 5.41) is 4.20. The van der Waals surface area contributed by atoms with Crippen LogP contribution in [0.1, 0.15) is 30.1 Å². The van der Waals surface area contributed by atoms with E-state index in [4.69, 9.17) is 9.72 Å². The number of ether oxygens (including phenoxy) is 1. The summed E-state index contributed by atoms with van der Waals surface area (Å²) in [5.74, 6) is 0.859. The number of rotatable bonds is 5. The summed E-state index contributed by atoms with van der Waals surface area (Å²) in [5.41, 5.74) is 3.33. The third kappa shape index (κ3) is 3.97. The monoisotopic (exact) mass is 426 g/mol. The van der Waals surface area contributed by atoms with Crippen LogP contribution in [0, 0.1) is 6.92 Å². The maximum absolute atomic E-state index is 13.2. The van der Waals surface area contributed by atoms with E-state index in [0.717, 1.165) is 35.5 Å². The van der Waals surface area contributed by atoms with E-state index < -0.39 is 10.0 Å². The number of aryl methyl sites for hydroxylation is 2. The molecule has 1 aromatic carbocycles. The first-order valence-corrected chi connectivity index (χ1v) is 11.4. The smallest absolute Gasteiger partial charge is 0.246 e. The van der Waals surface area contributed by atoms with Crippen LogP contribution in [-0.2, 0) is 17.1 Å². The lowest BCUT2D eigenvalue weighted by Crippen LogP contribution is -2.39. The molecule has 1 saturated heterocycles. The van der Waals surface area contributed by atoms with Gasteiger partial charge < -0.3 is 4.74 Å². The number of piperidine rings is 1. The summed E-state index contributed by atoms with van der Waals surface area (Å²) in [6.07, 6.45) is 3.30. The van der Waals surface area contributed by atoms with Gasteiger partial charge in [-0.1, -0.05) is 6.07 Å². The second kappa shape index (κ2) is 8.20. The second-order valence-electron chi connectivity index (χ2n) is 7.63. The quantitative estimate of drug-likeness (QED) is 0.625. The molecule has 0 unspecified atom stereocenters. The molecule has 0 bridgehead atoms. The zero-order chi connectivity index (χ0) is 21.3. The molecule has 1 atom stereocenters. The second-order valence-corrected chi connectivity index (χ2v) is 9.54. The Labute approximate surface area is 177 Å². The van der Waals surface area contributed by atoms with Gasteiger partial charge in [-0.25, -0.2) is 8.42 Å². The summed E-state index contributed by atoms with van der Waals surface area (Å²) in [4.78, 5) is 5.14. The number of benzene rings is 1. The lowest BCUT2D eigenvalue weighted by atomic mass is 9.95. The minimum Gasteiger partial charge on any atom is -0.497 e. The number of hydrogen-bond acceptors (Lipinski definition) is 5. The lowest BCUT2D eigenvalue weighted by molar-refractivity contribution is 0.312. The van der Waals surface area contributed by atoms with E-state index in [1.807, 2.05) is 42.5 Å². The fourth-order valence-corrected chi connectivity index (χ4v) is 5.70. The molecule has 158 valence electrons. The Morgan fingerprint density at radius 3 is 2.57 bits per heavy atom. The maximum atomic E-state index is 13.2. The molecule has 1 aliphatic rings. The van der Waals surface area contributed by atoms with Crippen molar-refractivity contribution >= 4 is 10.0 Å². The van der Waals surface area contributed by atoms with Crippen molar-refractivity contribution in [2.45, 2.75) is 30.6 Å². The molecule has 7 nitrogen and oxygen atoms in total. The molecular formula is C22H26N4O3S. The highest BCUT2D eigenvalue weighted by molar-refractivity contribution is 7.89. The van der Waals surface area contributed by atoms with Crippen LogP contribution in [0.15, 0.2) is 53.6 Å². The fourth-order valence-electron chi connectivity index (χ4n) is 3.97. The SMILES string of the molecule is COc1ccc(-c2cccc([C@H]3CCCN(S(=O)(=O)c4cn(C)nc4C)C3)n2)cc1. The number of pyridine rings is 1. The van der Waals surface area contributed by atoms with Crippen LogP contribution >= 0.6 is 0 Å². The molecule has 0 spiro atoms. The van der Waals surface area contributed by atoms with E-state index >= 15 is 0 Å². The van der Waals surface area contributed by atoms with Crippen molar-refractivity contribution in [3.05, 3.63) is 60.0 Å². The van der Waals surface area contributed by atoms with E-state index in [1.54, 1.807) is 36.3 Å². The Bertz CT molecular complexity index is 1140. The Hall–Kier alpha value is -2.71. The summed E-state index contributed by atoms with van der Waals surface area (Å²) >= 11 is 0. The van der Waals surface area contributed by atoms with Crippen molar-refractivity contribution in [3.63, 3.8) is 0 Å². The van der Waals surface area contributed by atoms with Crippen LogP contribution in [0.2, 0.25) is 0 Å². The average molecular weight is 427 g/mol. The zero-order valence-electron chi connectivity index (χ0n) is 17.4. The van der Waals surface area contributed by atoms with E-state index in [9.17, 15) is 8.42 Å². The molecule has 1 fully saturated rings.